The first-order chi connectivity index (χ1) is 12.1. The van der Waals surface area contributed by atoms with Gasteiger partial charge in [-0.15, -0.1) is 0 Å². The molecule has 0 radical (unpaired) electrons. The first kappa shape index (κ1) is 17.7. The Morgan fingerprint density at radius 2 is 2.00 bits per heavy atom. The van der Waals surface area contributed by atoms with Gasteiger partial charge < -0.3 is 10.3 Å². The number of rotatable bonds is 6. The summed E-state index contributed by atoms with van der Waals surface area (Å²) in [6, 6.07) is 7.79. The maximum atomic E-state index is 12.9. The number of aromatic amines is 1. The van der Waals surface area contributed by atoms with Crippen molar-refractivity contribution in [2.45, 2.75) is 49.1 Å². The van der Waals surface area contributed by atoms with E-state index >= 15 is 0 Å². The van der Waals surface area contributed by atoms with E-state index in [1.54, 1.807) is 12.1 Å². The molecule has 0 spiro atoms. The Morgan fingerprint density at radius 1 is 1.28 bits per heavy atom. The number of benzene rings is 1. The van der Waals surface area contributed by atoms with Crippen LogP contribution in [0.25, 0.3) is 0 Å². The van der Waals surface area contributed by atoms with Crippen LogP contribution in [0.3, 0.4) is 0 Å². The summed E-state index contributed by atoms with van der Waals surface area (Å²) in [5.41, 5.74) is 1.11. The molecule has 1 fully saturated rings. The van der Waals surface area contributed by atoms with E-state index in [0.717, 1.165) is 31.2 Å². The molecule has 1 saturated carbocycles. The Labute approximate surface area is 149 Å². The molecule has 1 aromatic heterocycles. The third-order valence-corrected chi connectivity index (χ3v) is 5.07. The number of carbonyl (C=O) groups excluding carboxylic acids is 1. The minimum absolute atomic E-state index is 0.0977. The first-order valence-corrected chi connectivity index (χ1v) is 9.34. The molecule has 1 aromatic carbocycles. The van der Waals surface area contributed by atoms with Gasteiger partial charge in [0.1, 0.15) is 5.82 Å². The molecule has 0 aliphatic heterocycles. The van der Waals surface area contributed by atoms with Crippen LogP contribution in [0.1, 0.15) is 36.9 Å². The first-order valence-electron chi connectivity index (χ1n) is 8.35. The molecule has 7 heteroatoms. The smallest absolute Gasteiger partial charge is 0.251 e. The summed E-state index contributed by atoms with van der Waals surface area (Å²) >= 11 is 1.35. The van der Waals surface area contributed by atoms with Crippen LogP contribution < -0.4 is 10.9 Å². The molecule has 5 nitrogen and oxygen atoms in total. The number of hydrogen-bond acceptors (Lipinski definition) is 4. The third-order valence-electron chi connectivity index (χ3n) is 4.12. The number of nitrogens with one attached hydrogen (secondary N) is 2. The molecule has 0 unspecified atom stereocenters. The number of aromatic nitrogens is 2. The average molecular weight is 361 g/mol. The van der Waals surface area contributed by atoms with Gasteiger partial charge >= 0.3 is 0 Å². The van der Waals surface area contributed by atoms with Crippen molar-refractivity contribution in [3.8, 4) is 0 Å². The summed E-state index contributed by atoms with van der Waals surface area (Å²) in [6.07, 6.45) is 4.45. The Morgan fingerprint density at radius 3 is 2.72 bits per heavy atom. The van der Waals surface area contributed by atoms with Crippen molar-refractivity contribution < 1.29 is 9.18 Å². The van der Waals surface area contributed by atoms with Gasteiger partial charge in [0.05, 0.1) is 12.1 Å². The standard InChI is InChI=1S/C18H20FN3O2S/c19-13-7-5-12(6-8-13)11-25-18-21-15(10-17(24)22-18)9-16(23)20-14-3-1-2-4-14/h5-8,10,14H,1-4,9,11H2,(H,20,23)(H,21,22,24). The average Bonchev–Trinajstić information content (AvgIpc) is 3.06. The maximum absolute atomic E-state index is 12.9. The molecule has 1 aliphatic rings. The van der Waals surface area contributed by atoms with Crippen molar-refractivity contribution in [3.63, 3.8) is 0 Å². The Bertz CT molecular complexity index is 786. The van der Waals surface area contributed by atoms with Crippen molar-refractivity contribution in [2.75, 3.05) is 0 Å². The van der Waals surface area contributed by atoms with Gasteiger partial charge in [0.2, 0.25) is 5.91 Å². The summed E-state index contributed by atoms with van der Waals surface area (Å²) in [7, 11) is 0. The Balaban J connectivity index is 1.60. The second kappa shape index (κ2) is 8.29. The van der Waals surface area contributed by atoms with Gasteiger partial charge in [-0.3, -0.25) is 9.59 Å². The zero-order chi connectivity index (χ0) is 17.6. The van der Waals surface area contributed by atoms with Crippen LogP contribution in [-0.2, 0) is 17.0 Å². The zero-order valence-electron chi connectivity index (χ0n) is 13.8. The fourth-order valence-electron chi connectivity index (χ4n) is 2.89. The molecule has 1 heterocycles. The van der Waals surface area contributed by atoms with Crippen molar-refractivity contribution in [3.05, 3.63) is 57.8 Å². The summed E-state index contributed by atoms with van der Waals surface area (Å²) < 4.78 is 12.9. The fraction of sp³-hybridized carbons (Fsp3) is 0.389. The van der Waals surface area contributed by atoms with Gasteiger partial charge in [-0.2, -0.15) is 0 Å². The Kier molecular flexibility index (Phi) is 5.86. The molecule has 0 saturated heterocycles. The van der Waals surface area contributed by atoms with E-state index in [-0.39, 0.29) is 29.7 Å². The van der Waals surface area contributed by atoms with E-state index in [1.165, 1.54) is 30.0 Å². The molecule has 0 atom stereocenters. The van der Waals surface area contributed by atoms with Crippen LogP contribution in [0.15, 0.2) is 40.3 Å². The lowest BCUT2D eigenvalue weighted by atomic mass is 10.2. The van der Waals surface area contributed by atoms with Gasteiger partial charge in [-0.1, -0.05) is 36.7 Å². The summed E-state index contributed by atoms with van der Waals surface area (Å²) in [5, 5.41) is 3.45. The highest BCUT2D eigenvalue weighted by molar-refractivity contribution is 7.98. The monoisotopic (exact) mass is 361 g/mol. The molecule has 0 bridgehead atoms. The molecule has 1 amide bonds. The predicted octanol–water partition coefficient (Wildman–Crippen LogP) is 2.80. The van der Waals surface area contributed by atoms with Crippen molar-refractivity contribution in [1.82, 2.24) is 15.3 Å². The van der Waals surface area contributed by atoms with Gasteiger partial charge in [0, 0.05) is 17.9 Å². The second-order valence-electron chi connectivity index (χ2n) is 6.18. The van der Waals surface area contributed by atoms with Crippen molar-refractivity contribution in [2.24, 2.45) is 0 Å². The molecule has 25 heavy (non-hydrogen) atoms. The van der Waals surface area contributed by atoms with Crippen LogP contribution in [0.4, 0.5) is 4.39 Å². The number of carbonyl (C=O) groups is 1. The van der Waals surface area contributed by atoms with Gasteiger partial charge in [0.25, 0.3) is 5.56 Å². The lowest BCUT2D eigenvalue weighted by molar-refractivity contribution is -0.121. The number of H-pyrrole nitrogens is 1. The van der Waals surface area contributed by atoms with Gasteiger partial charge in [-0.25, -0.2) is 9.37 Å². The van der Waals surface area contributed by atoms with Crippen molar-refractivity contribution >= 4 is 17.7 Å². The number of nitrogens with zero attached hydrogens (tertiary/aromatic N) is 1. The van der Waals surface area contributed by atoms with E-state index in [4.69, 9.17) is 0 Å². The molecule has 3 rings (SSSR count). The summed E-state index contributed by atoms with van der Waals surface area (Å²) in [5.74, 6) is 0.177. The molecule has 2 N–H and O–H groups in total. The topological polar surface area (TPSA) is 74.8 Å². The fourth-order valence-corrected chi connectivity index (χ4v) is 3.74. The normalized spacial score (nSPS) is 14.6. The SMILES string of the molecule is O=C(Cc1cc(=O)[nH]c(SCc2ccc(F)cc2)n1)NC1CCCC1. The van der Waals surface area contributed by atoms with Crippen LogP contribution in [0.2, 0.25) is 0 Å². The largest absolute Gasteiger partial charge is 0.353 e. The highest BCUT2D eigenvalue weighted by Gasteiger charge is 2.17. The quantitative estimate of drug-likeness (QED) is 0.613. The van der Waals surface area contributed by atoms with E-state index in [9.17, 15) is 14.0 Å². The van der Waals surface area contributed by atoms with E-state index < -0.39 is 0 Å². The lowest BCUT2D eigenvalue weighted by Crippen LogP contribution is -2.34. The van der Waals surface area contributed by atoms with Crippen molar-refractivity contribution in [1.29, 1.82) is 0 Å². The Hall–Kier alpha value is -2.15. The molecule has 2 aromatic rings. The molecular formula is C18H20FN3O2S. The molecule has 132 valence electrons. The number of thioether (sulfide) groups is 1. The van der Waals surface area contributed by atoms with Crippen LogP contribution in [-0.4, -0.2) is 21.9 Å². The van der Waals surface area contributed by atoms with E-state index in [1.807, 2.05) is 0 Å². The van der Waals surface area contributed by atoms with E-state index in [0.29, 0.717) is 16.6 Å². The second-order valence-corrected chi connectivity index (χ2v) is 7.15. The summed E-state index contributed by atoms with van der Waals surface area (Å²) in [6.45, 7) is 0. The van der Waals surface area contributed by atoms with Crippen LogP contribution in [0.5, 0.6) is 0 Å². The number of hydrogen-bond donors (Lipinski definition) is 2. The summed E-state index contributed by atoms with van der Waals surface area (Å²) in [4.78, 5) is 30.9. The highest BCUT2D eigenvalue weighted by atomic mass is 32.2. The van der Waals surface area contributed by atoms with Gasteiger partial charge in [-0.05, 0) is 30.5 Å². The maximum Gasteiger partial charge on any atom is 0.251 e. The zero-order valence-corrected chi connectivity index (χ0v) is 14.6. The van der Waals surface area contributed by atoms with Crippen LogP contribution >= 0.6 is 11.8 Å². The van der Waals surface area contributed by atoms with Crippen LogP contribution in [0, 0.1) is 5.82 Å². The lowest BCUT2D eigenvalue weighted by Gasteiger charge is -2.11. The van der Waals surface area contributed by atoms with E-state index in [2.05, 4.69) is 15.3 Å². The minimum atomic E-state index is -0.282. The molecule has 1 aliphatic carbocycles. The predicted molar refractivity (Wildman–Crippen MR) is 94.9 cm³/mol. The highest BCUT2D eigenvalue weighted by Crippen LogP contribution is 2.19. The minimum Gasteiger partial charge on any atom is -0.353 e. The third kappa shape index (κ3) is 5.42. The number of halogens is 1. The van der Waals surface area contributed by atoms with Gasteiger partial charge in [0.15, 0.2) is 5.16 Å². The number of amides is 1. The molecular weight excluding hydrogens is 341 g/mol.